The maximum Gasteiger partial charge on any atom is 0.162 e. The van der Waals surface area contributed by atoms with Gasteiger partial charge in [0.1, 0.15) is 12.4 Å². The van der Waals surface area contributed by atoms with Crippen LogP contribution in [0.5, 0.6) is 5.75 Å². The van der Waals surface area contributed by atoms with Crippen molar-refractivity contribution in [2.75, 3.05) is 0 Å². The fraction of sp³-hybridized carbons (Fsp3) is 0.133. The number of nitrogens with zero attached hydrogens (tertiary/aromatic N) is 1. The Hall–Kier alpha value is -2.11. The molecule has 0 spiro atoms. The number of hydrogen-bond donors (Lipinski definition) is 1. The summed E-state index contributed by atoms with van der Waals surface area (Å²) in [5.74, 6) is 1.53. The van der Waals surface area contributed by atoms with Crippen molar-refractivity contribution in [3.8, 4) is 16.5 Å². The van der Waals surface area contributed by atoms with E-state index in [1.54, 1.807) is 6.26 Å². The summed E-state index contributed by atoms with van der Waals surface area (Å²) in [5.41, 5.74) is 1.73. The van der Waals surface area contributed by atoms with E-state index in [9.17, 15) is 0 Å². The van der Waals surface area contributed by atoms with E-state index in [-0.39, 0.29) is 6.61 Å². The molecule has 0 aliphatic heterocycles. The van der Waals surface area contributed by atoms with Crippen LogP contribution in [-0.2, 0) is 13.2 Å². The Morgan fingerprint density at radius 1 is 1.20 bits per heavy atom. The van der Waals surface area contributed by atoms with E-state index < -0.39 is 0 Å². The number of rotatable bonds is 5. The molecule has 0 aliphatic rings. The Balaban J connectivity index is 1.63. The summed E-state index contributed by atoms with van der Waals surface area (Å²) in [5, 5.41) is 11.8. The minimum absolute atomic E-state index is 0.0405. The third-order valence-electron chi connectivity index (χ3n) is 2.78. The molecule has 0 unspecified atom stereocenters. The van der Waals surface area contributed by atoms with E-state index in [1.165, 1.54) is 11.3 Å². The van der Waals surface area contributed by atoms with Crippen molar-refractivity contribution in [2.45, 2.75) is 13.2 Å². The van der Waals surface area contributed by atoms with Crippen LogP contribution in [0.2, 0.25) is 0 Å². The van der Waals surface area contributed by atoms with Crippen LogP contribution < -0.4 is 4.74 Å². The Morgan fingerprint density at radius 3 is 2.75 bits per heavy atom. The molecule has 0 aliphatic carbocycles. The summed E-state index contributed by atoms with van der Waals surface area (Å²) in [6.45, 7) is 0.453. The first-order valence-electron chi connectivity index (χ1n) is 6.16. The van der Waals surface area contributed by atoms with Crippen molar-refractivity contribution in [2.24, 2.45) is 0 Å². The summed E-state index contributed by atoms with van der Waals surface area (Å²) >= 11 is 1.53. The van der Waals surface area contributed by atoms with Crippen LogP contribution in [0.25, 0.3) is 10.8 Å². The van der Waals surface area contributed by atoms with Gasteiger partial charge in [0.2, 0.25) is 0 Å². The average molecular weight is 287 g/mol. The van der Waals surface area contributed by atoms with Crippen molar-refractivity contribution in [3.63, 3.8) is 0 Å². The lowest BCUT2D eigenvalue weighted by Crippen LogP contribution is -1.96. The van der Waals surface area contributed by atoms with Crippen LogP contribution >= 0.6 is 11.3 Å². The Morgan fingerprint density at radius 2 is 2.05 bits per heavy atom. The first-order valence-corrected chi connectivity index (χ1v) is 7.04. The van der Waals surface area contributed by atoms with Crippen LogP contribution in [0, 0.1) is 0 Å². The Bertz CT molecular complexity index is 659. The molecule has 0 amide bonds. The molecule has 3 rings (SSSR count). The van der Waals surface area contributed by atoms with Gasteiger partial charge in [0.15, 0.2) is 10.8 Å². The summed E-state index contributed by atoms with van der Waals surface area (Å²) in [7, 11) is 0. The highest BCUT2D eigenvalue weighted by Crippen LogP contribution is 2.24. The molecule has 2 heterocycles. The molecular weight excluding hydrogens is 274 g/mol. The number of ether oxygens (including phenoxy) is 1. The zero-order valence-electron chi connectivity index (χ0n) is 10.7. The van der Waals surface area contributed by atoms with E-state index in [4.69, 9.17) is 14.3 Å². The molecular formula is C15H13NO3S. The Kier molecular flexibility index (Phi) is 3.80. The van der Waals surface area contributed by atoms with Gasteiger partial charge in [-0.05, 0) is 29.8 Å². The van der Waals surface area contributed by atoms with Crippen molar-refractivity contribution in [3.05, 3.63) is 59.3 Å². The van der Waals surface area contributed by atoms with Crippen molar-refractivity contribution < 1.29 is 14.3 Å². The van der Waals surface area contributed by atoms with E-state index in [2.05, 4.69) is 4.98 Å². The second kappa shape index (κ2) is 5.90. The predicted molar refractivity (Wildman–Crippen MR) is 76.5 cm³/mol. The van der Waals surface area contributed by atoms with Gasteiger partial charge in [-0.1, -0.05) is 12.1 Å². The lowest BCUT2D eigenvalue weighted by atomic mass is 10.2. The second-order valence-electron chi connectivity index (χ2n) is 4.21. The SMILES string of the molecule is OCc1ccc(OCc2csc(-c3ccco3)n2)cc1. The number of furan rings is 1. The summed E-state index contributed by atoms with van der Waals surface area (Å²) < 4.78 is 11.0. The van der Waals surface area contributed by atoms with Crippen molar-refractivity contribution >= 4 is 11.3 Å². The number of thiazole rings is 1. The average Bonchev–Trinajstić information content (AvgIpc) is 3.16. The van der Waals surface area contributed by atoms with Gasteiger partial charge in [0.25, 0.3) is 0 Å². The normalized spacial score (nSPS) is 10.7. The summed E-state index contributed by atoms with van der Waals surface area (Å²) in [6.07, 6.45) is 1.63. The molecule has 1 aromatic carbocycles. The van der Waals surface area contributed by atoms with Crippen molar-refractivity contribution in [1.29, 1.82) is 0 Å². The van der Waals surface area contributed by atoms with Gasteiger partial charge in [-0.15, -0.1) is 11.3 Å². The van der Waals surface area contributed by atoms with Crippen LogP contribution in [0.4, 0.5) is 0 Å². The number of hydrogen-bond acceptors (Lipinski definition) is 5. The van der Waals surface area contributed by atoms with Crippen LogP contribution in [0.1, 0.15) is 11.3 Å². The molecule has 0 atom stereocenters. The third-order valence-corrected chi connectivity index (χ3v) is 3.68. The van der Waals surface area contributed by atoms with Gasteiger partial charge in [0.05, 0.1) is 18.6 Å². The van der Waals surface area contributed by atoms with Crippen LogP contribution in [0.15, 0.2) is 52.5 Å². The van der Waals surface area contributed by atoms with Gasteiger partial charge in [0, 0.05) is 5.38 Å². The van der Waals surface area contributed by atoms with E-state index in [0.717, 1.165) is 27.8 Å². The van der Waals surface area contributed by atoms with E-state index >= 15 is 0 Å². The maximum absolute atomic E-state index is 8.97. The zero-order chi connectivity index (χ0) is 13.8. The van der Waals surface area contributed by atoms with Crippen LogP contribution in [0.3, 0.4) is 0 Å². The minimum Gasteiger partial charge on any atom is -0.487 e. The fourth-order valence-electron chi connectivity index (χ4n) is 1.74. The number of aliphatic hydroxyl groups is 1. The Labute approximate surface area is 120 Å². The smallest absolute Gasteiger partial charge is 0.162 e. The molecule has 102 valence electrons. The summed E-state index contributed by atoms with van der Waals surface area (Å²) in [6, 6.07) is 11.1. The lowest BCUT2D eigenvalue weighted by Gasteiger charge is -2.04. The fourth-order valence-corrected chi connectivity index (χ4v) is 2.51. The molecule has 0 bridgehead atoms. The molecule has 0 saturated carbocycles. The largest absolute Gasteiger partial charge is 0.487 e. The zero-order valence-corrected chi connectivity index (χ0v) is 11.5. The van der Waals surface area contributed by atoms with Crippen LogP contribution in [-0.4, -0.2) is 10.1 Å². The molecule has 3 aromatic rings. The van der Waals surface area contributed by atoms with Gasteiger partial charge in [-0.2, -0.15) is 0 Å². The highest BCUT2D eigenvalue weighted by molar-refractivity contribution is 7.13. The first-order chi connectivity index (χ1) is 9.85. The number of aromatic nitrogens is 1. The predicted octanol–water partition coefficient (Wildman–Crippen LogP) is 3.47. The molecule has 0 fully saturated rings. The molecule has 1 N–H and O–H groups in total. The van der Waals surface area contributed by atoms with Gasteiger partial charge >= 0.3 is 0 Å². The van der Waals surface area contributed by atoms with E-state index in [0.29, 0.717) is 6.61 Å². The van der Waals surface area contributed by atoms with Gasteiger partial charge < -0.3 is 14.3 Å². The van der Waals surface area contributed by atoms with Crippen molar-refractivity contribution in [1.82, 2.24) is 4.98 Å². The second-order valence-corrected chi connectivity index (χ2v) is 5.07. The van der Waals surface area contributed by atoms with E-state index in [1.807, 2.05) is 41.8 Å². The third kappa shape index (κ3) is 2.89. The van der Waals surface area contributed by atoms with Gasteiger partial charge in [-0.3, -0.25) is 0 Å². The molecule has 2 aromatic heterocycles. The quantitative estimate of drug-likeness (QED) is 0.780. The molecule has 4 nitrogen and oxygen atoms in total. The molecule has 0 radical (unpaired) electrons. The first kappa shape index (κ1) is 12.9. The topological polar surface area (TPSA) is 55.5 Å². The summed E-state index contributed by atoms with van der Waals surface area (Å²) in [4.78, 5) is 4.46. The number of aliphatic hydroxyl groups excluding tert-OH is 1. The maximum atomic E-state index is 8.97. The highest BCUT2D eigenvalue weighted by atomic mass is 32.1. The lowest BCUT2D eigenvalue weighted by molar-refractivity contribution is 0.280. The minimum atomic E-state index is 0.0405. The standard InChI is InChI=1S/C15H13NO3S/c17-8-11-3-5-13(6-4-11)19-9-12-10-20-15(16-12)14-2-1-7-18-14/h1-7,10,17H,8-9H2. The highest BCUT2D eigenvalue weighted by Gasteiger charge is 2.07. The monoisotopic (exact) mass is 287 g/mol. The molecule has 0 saturated heterocycles. The molecule has 5 heteroatoms. The van der Waals surface area contributed by atoms with Gasteiger partial charge in [-0.25, -0.2) is 4.98 Å². The molecule has 20 heavy (non-hydrogen) atoms. The number of benzene rings is 1.